The first-order valence-electron chi connectivity index (χ1n) is 6.56. The molecule has 6 heteroatoms. The Morgan fingerprint density at radius 1 is 1.00 bits per heavy atom. The Morgan fingerprint density at radius 3 is 2.62 bits per heavy atom. The third kappa shape index (κ3) is 2.11. The number of hydrogen-bond acceptors (Lipinski definition) is 3. The van der Waals surface area contributed by atoms with E-state index >= 15 is 0 Å². The summed E-state index contributed by atoms with van der Waals surface area (Å²) in [5.41, 5.74) is 10.1. The minimum atomic E-state index is 0.574. The number of nitrogen functional groups attached to an aromatic ring is 1. The molecule has 0 atom stereocenters. The number of fused-ring (bicyclic) bond motifs is 2. The van der Waals surface area contributed by atoms with Gasteiger partial charge >= 0.3 is 0 Å². The van der Waals surface area contributed by atoms with Gasteiger partial charge in [0.2, 0.25) is 0 Å². The highest BCUT2D eigenvalue weighted by atomic mass is 35.5. The first-order valence-corrected chi connectivity index (χ1v) is 6.94. The molecule has 4 aromatic rings. The molecule has 2 aromatic heterocycles. The molecule has 0 saturated heterocycles. The number of nitrogens with zero attached hydrogens (tertiary/aromatic N) is 2. The zero-order chi connectivity index (χ0) is 14.4. The van der Waals surface area contributed by atoms with Crippen LogP contribution >= 0.6 is 11.6 Å². The van der Waals surface area contributed by atoms with E-state index in [1.165, 1.54) is 0 Å². The molecule has 0 aliphatic carbocycles. The molecule has 21 heavy (non-hydrogen) atoms. The summed E-state index contributed by atoms with van der Waals surface area (Å²) in [6.45, 7) is 0. The van der Waals surface area contributed by atoms with Gasteiger partial charge in [0.05, 0.1) is 28.7 Å². The molecule has 0 spiro atoms. The van der Waals surface area contributed by atoms with Crippen LogP contribution in [0.15, 0.2) is 36.4 Å². The van der Waals surface area contributed by atoms with E-state index in [2.05, 4.69) is 19.9 Å². The highest BCUT2D eigenvalue weighted by molar-refractivity contribution is 6.31. The van der Waals surface area contributed by atoms with Crippen LogP contribution in [0.25, 0.3) is 22.1 Å². The molecule has 0 unspecified atom stereocenters. The monoisotopic (exact) mass is 297 g/mol. The molecule has 5 nitrogen and oxygen atoms in total. The minimum absolute atomic E-state index is 0.574. The second-order valence-corrected chi connectivity index (χ2v) is 5.39. The van der Waals surface area contributed by atoms with Gasteiger partial charge in [0.15, 0.2) is 0 Å². The zero-order valence-electron chi connectivity index (χ0n) is 11.0. The van der Waals surface area contributed by atoms with Gasteiger partial charge in [0.25, 0.3) is 0 Å². The van der Waals surface area contributed by atoms with Gasteiger partial charge in [-0.3, -0.25) is 0 Å². The van der Waals surface area contributed by atoms with Gasteiger partial charge in [0, 0.05) is 5.02 Å². The second kappa shape index (κ2) is 4.49. The molecule has 0 amide bonds. The number of H-pyrrole nitrogens is 2. The molecular formula is C15H12ClN5. The van der Waals surface area contributed by atoms with Gasteiger partial charge in [-0.05, 0) is 24.3 Å². The van der Waals surface area contributed by atoms with Crippen molar-refractivity contribution >= 4 is 39.4 Å². The largest absolute Gasteiger partial charge is 0.397 e. The summed E-state index contributed by atoms with van der Waals surface area (Å²) in [6.07, 6.45) is 0.584. The normalized spacial score (nSPS) is 11.5. The van der Waals surface area contributed by atoms with Crippen LogP contribution in [-0.4, -0.2) is 19.9 Å². The van der Waals surface area contributed by atoms with Crippen LogP contribution in [0.2, 0.25) is 5.02 Å². The van der Waals surface area contributed by atoms with E-state index in [1.54, 1.807) is 6.07 Å². The predicted molar refractivity (Wildman–Crippen MR) is 84.4 cm³/mol. The van der Waals surface area contributed by atoms with E-state index < -0.39 is 0 Å². The second-order valence-electron chi connectivity index (χ2n) is 4.95. The highest BCUT2D eigenvalue weighted by Crippen LogP contribution is 2.24. The molecule has 2 aromatic carbocycles. The quantitative estimate of drug-likeness (QED) is 0.497. The van der Waals surface area contributed by atoms with Gasteiger partial charge in [-0.1, -0.05) is 23.7 Å². The fourth-order valence-corrected chi connectivity index (χ4v) is 2.72. The van der Waals surface area contributed by atoms with E-state index in [9.17, 15) is 0 Å². The summed E-state index contributed by atoms with van der Waals surface area (Å²) >= 11 is 6.00. The average Bonchev–Trinajstić information content (AvgIpc) is 3.01. The van der Waals surface area contributed by atoms with Gasteiger partial charge in [-0.15, -0.1) is 0 Å². The Balaban J connectivity index is 1.75. The molecule has 0 aliphatic heterocycles. The lowest BCUT2D eigenvalue weighted by atomic mass is 10.3. The molecule has 4 N–H and O–H groups in total. The number of imidazole rings is 2. The molecule has 104 valence electrons. The highest BCUT2D eigenvalue weighted by Gasteiger charge is 2.10. The Morgan fingerprint density at radius 2 is 1.76 bits per heavy atom. The number of halogens is 1. The molecule has 4 rings (SSSR count). The Labute approximate surface area is 125 Å². The average molecular weight is 298 g/mol. The van der Waals surface area contributed by atoms with Crippen molar-refractivity contribution in [3.05, 3.63) is 53.1 Å². The molecule has 0 radical (unpaired) electrons. The van der Waals surface area contributed by atoms with Gasteiger partial charge in [-0.2, -0.15) is 0 Å². The lowest BCUT2D eigenvalue weighted by Gasteiger charge is -1.94. The van der Waals surface area contributed by atoms with Crippen molar-refractivity contribution in [3.63, 3.8) is 0 Å². The zero-order valence-corrected chi connectivity index (χ0v) is 11.8. The van der Waals surface area contributed by atoms with E-state index in [4.69, 9.17) is 17.3 Å². The predicted octanol–water partition coefficient (Wildman–Crippen LogP) is 3.27. The number of benzene rings is 2. The molecule has 0 bridgehead atoms. The van der Waals surface area contributed by atoms with Gasteiger partial charge in [0.1, 0.15) is 17.2 Å². The first-order chi connectivity index (χ1) is 10.2. The van der Waals surface area contributed by atoms with Crippen molar-refractivity contribution < 1.29 is 0 Å². The fourth-order valence-electron chi connectivity index (χ4n) is 2.49. The van der Waals surface area contributed by atoms with Crippen LogP contribution in [-0.2, 0) is 6.42 Å². The number of hydrogen-bond donors (Lipinski definition) is 3. The van der Waals surface area contributed by atoms with Crippen molar-refractivity contribution in [2.45, 2.75) is 6.42 Å². The summed E-state index contributed by atoms with van der Waals surface area (Å²) in [4.78, 5) is 15.6. The topological polar surface area (TPSA) is 83.4 Å². The van der Waals surface area contributed by atoms with Crippen LogP contribution in [0.1, 0.15) is 11.6 Å². The van der Waals surface area contributed by atoms with Crippen LogP contribution < -0.4 is 5.73 Å². The number of nitrogens with two attached hydrogens (primary N) is 1. The molecule has 0 saturated carbocycles. The summed E-state index contributed by atoms with van der Waals surface area (Å²) < 4.78 is 0. The molecule has 0 aliphatic rings. The number of nitrogens with one attached hydrogen (secondary N) is 2. The van der Waals surface area contributed by atoms with E-state index in [0.717, 1.165) is 33.7 Å². The Bertz CT molecular complexity index is 920. The van der Waals surface area contributed by atoms with Gasteiger partial charge < -0.3 is 15.7 Å². The first kappa shape index (κ1) is 12.2. The summed E-state index contributed by atoms with van der Waals surface area (Å²) in [6, 6.07) is 11.5. The van der Waals surface area contributed by atoms with E-state index in [0.29, 0.717) is 17.1 Å². The minimum Gasteiger partial charge on any atom is -0.397 e. The standard InChI is InChI=1S/C15H12ClN5/c16-8-5-9(17)15-12(6-8)20-14(21-15)7-13-18-10-3-1-2-4-11(10)19-13/h1-6H,7,17H2,(H,18,19)(H,20,21). The van der Waals surface area contributed by atoms with Crippen molar-refractivity contribution in [3.8, 4) is 0 Å². The summed E-state index contributed by atoms with van der Waals surface area (Å²) in [7, 11) is 0. The van der Waals surface area contributed by atoms with Crippen molar-refractivity contribution in [2.24, 2.45) is 0 Å². The maximum Gasteiger partial charge on any atom is 0.114 e. The van der Waals surface area contributed by atoms with Crippen molar-refractivity contribution in [1.82, 2.24) is 19.9 Å². The smallest absolute Gasteiger partial charge is 0.114 e. The molecular weight excluding hydrogens is 286 g/mol. The van der Waals surface area contributed by atoms with Crippen LogP contribution in [0, 0.1) is 0 Å². The maximum atomic E-state index is 6.00. The van der Waals surface area contributed by atoms with Crippen LogP contribution in [0.4, 0.5) is 5.69 Å². The number of anilines is 1. The lowest BCUT2D eigenvalue weighted by Crippen LogP contribution is -1.92. The summed E-state index contributed by atoms with van der Waals surface area (Å²) in [5.74, 6) is 1.66. The Hall–Kier alpha value is -2.53. The third-order valence-electron chi connectivity index (χ3n) is 3.40. The maximum absolute atomic E-state index is 6.00. The number of aromatic amines is 2. The van der Waals surface area contributed by atoms with Crippen molar-refractivity contribution in [2.75, 3.05) is 5.73 Å². The summed E-state index contributed by atoms with van der Waals surface area (Å²) in [5, 5.41) is 0.596. The van der Waals surface area contributed by atoms with E-state index in [-0.39, 0.29) is 0 Å². The SMILES string of the molecule is Nc1cc(Cl)cc2[nH]c(Cc3nc4ccccc4[nH]3)nc12. The van der Waals surface area contributed by atoms with Crippen molar-refractivity contribution in [1.29, 1.82) is 0 Å². The van der Waals surface area contributed by atoms with Gasteiger partial charge in [-0.25, -0.2) is 9.97 Å². The Kier molecular flexibility index (Phi) is 2.62. The fraction of sp³-hybridized carbons (Fsp3) is 0.0667. The number of para-hydroxylation sites is 2. The lowest BCUT2D eigenvalue weighted by molar-refractivity contribution is 0.960. The third-order valence-corrected chi connectivity index (χ3v) is 3.62. The number of rotatable bonds is 2. The van der Waals surface area contributed by atoms with Crippen LogP contribution in [0.5, 0.6) is 0 Å². The van der Waals surface area contributed by atoms with Crippen LogP contribution in [0.3, 0.4) is 0 Å². The van der Waals surface area contributed by atoms with E-state index in [1.807, 2.05) is 30.3 Å². The molecule has 2 heterocycles. The molecule has 0 fully saturated rings. The number of aromatic nitrogens is 4.